The number of nitrogens with zero attached hydrogens (tertiary/aromatic N) is 1. The van der Waals surface area contributed by atoms with E-state index in [0.717, 1.165) is 25.6 Å². The standard InChI is InChI=1S/C17H26N2/c1-4-19-10-8-16(9-11-19)17-7-5-6-15(12-17)13-18-14(2)3/h4-7,12,14,16,18H,1,8-11,13H2,2-3H3. The zero-order valence-electron chi connectivity index (χ0n) is 12.2. The van der Waals surface area contributed by atoms with E-state index in [1.807, 2.05) is 6.20 Å². The summed E-state index contributed by atoms with van der Waals surface area (Å²) in [6, 6.07) is 9.63. The third kappa shape index (κ3) is 4.10. The van der Waals surface area contributed by atoms with E-state index in [9.17, 15) is 0 Å². The molecular weight excluding hydrogens is 232 g/mol. The molecule has 2 heteroatoms. The predicted molar refractivity (Wildman–Crippen MR) is 82.2 cm³/mol. The number of hydrogen-bond acceptors (Lipinski definition) is 2. The second kappa shape index (κ2) is 6.76. The first-order valence-electron chi connectivity index (χ1n) is 7.38. The monoisotopic (exact) mass is 258 g/mol. The summed E-state index contributed by atoms with van der Waals surface area (Å²) >= 11 is 0. The largest absolute Gasteiger partial charge is 0.378 e. The highest BCUT2D eigenvalue weighted by atomic mass is 15.1. The Morgan fingerprint density at radius 2 is 2.11 bits per heavy atom. The first kappa shape index (κ1) is 14.1. The van der Waals surface area contributed by atoms with Crippen LogP contribution in [0.15, 0.2) is 37.0 Å². The smallest absolute Gasteiger partial charge is 0.0207 e. The van der Waals surface area contributed by atoms with Crippen LogP contribution in [-0.4, -0.2) is 24.0 Å². The minimum atomic E-state index is 0.541. The van der Waals surface area contributed by atoms with Crippen LogP contribution in [0.4, 0.5) is 0 Å². The molecule has 1 fully saturated rings. The molecule has 19 heavy (non-hydrogen) atoms. The molecule has 0 bridgehead atoms. The lowest BCUT2D eigenvalue weighted by atomic mass is 9.89. The molecule has 1 aromatic rings. The average Bonchev–Trinajstić information content (AvgIpc) is 2.45. The Hall–Kier alpha value is -1.28. The molecule has 0 aliphatic carbocycles. The molecule has 2 nitrogen and oxygen atoms in total. The molecule has 1 heterocycles. The number of benzene rings is 1. The van der Waals surface area contributed by atoms with Crippen LogP contribution in [0.5, 0.6) is 0 Å². The maximum Gasteiger partial charge on any atom is 0.0207 e. The normalized spacial score (nSPS) is 16.9. The van der Waals surface area contributed by atoms with E-state index in [1.54, 1.807) is 0 Å². The number of rotatable bonds is 5. The fourth-order valence-electron chi connectivity index (χ4n) is 2.69. The van der Waals surface area contributed by atoms with Crippen LogP contribution in [0, 0.1) is 0 Å². The number of piperidine rings is 1. The van der Waals surface area contributed by atoms with Crippen LogP contribution in [0.1, 0.15) is 43.7 Å². The van der Waals surface area contributed by atoms with Gasteiger partial charge in [-0.15, -0.1) is 0 Å². The van der Waals surface area contributed by atoms with Crippen LogP contribution in [0.2, 0.25) is 0 Å². The van der Waals surface area contributed by atoms with Gasteiger partial charge < -0.3 is 10.2 Å². The minimum Gasteiger partial charge on any atom is -0.378 e. The summed E-state index contributed by atoms with van der Waals surface area (Å²) in [5.41, 5.74) is 2.91. The number of hydrogen-bond donors (Lipinski definition) is 1. The van der Waals surface area contributed by atoms with Crippen molar-refractivity contribution in [2.24, 2.45) is 0 Å². The summed E-state index contributed by atoms with van der Waals surface area (Å²) < 4.78 is 0. The van der Waals surface area contributed by atoms with Crippen molar-refractivity contribution in [2.75, 3.05) is 13.1 Å². The van der Waals surface area contributed by atoms with Gasteiger partial charge in [0.15, 0.2) is 0 Å². The summed E-state index contributed by atoms with van der Waals surface area (Å²) in [5.74, 6) is 0.718. The average molecular weight is 258 g/mol. The van der Waals surface area contributed by atoms with E-state index < -0.39 is 0 Å². The van der Waals surface area contributed by atoms with E-state index in [1.165, 1.54) is 24.0 Å². The van der Waals surface area contributed by atoms with Crippen LogP contribution >= 0.6 is 0 Å². The molecule has 0 saturated carbocycles. The molecule has 1 aromatic carbocycles. The molecule has 0 aromatic heterocycles. The maximum absolute atomic E-state index is 3.85. The van der Waals surface area contributed by atoms with Crippen molar-refractivity contribution in [2.45, 2.75) is 45.2 Å². The Bertz CT molecular complexity index is 403. The van der Waals surface area contributed by atoms with Crippen molar-refractivity contribution in [3.05, 3.63) is 48.2 Å². The highest BCUT2D eigenvalue weighted by Crippen LogP contribution is 2.28. The maximum atomic E-state index is 3.85. The lowest BCUT2D eigenvalue weighted by molar-refractivity contribution is 0.285. The Balaban J connectivity index is 1.97. The first-order chi connectivity index (χ1) is 9.19. The van der Waals surface area contributed by atoms with E-state index in [0.29, 0.717) is 6.04 Å². The van der Waals surface area contributed by atoms with Crippen molar-refractivity contribution in [3.8, 4) is 0 Å². The number of nitrogens with one attached hydrogen (secondary N) is 1. The lowest BCUT2D eigenvalue weighted by Crippen LogP contribution is -2.28. The van der Waals surface area contributed by atoms with Crippen molar-refractivity contribution in [3.63, 3.8) is 0 Å². The molecule has 1 aliphatic rings. The van der Waals surface area contributed by atoms with E-state index in [2.05, 4.69) is 54.9 Å². The summed E-state index contributed by atoms with van der Waals surface area (Å²) in [6.07, 6.45) is 4.46. The van der Waals surface area contributed by atoms with Gasteiger partial charge in [0.25, 0.3) is 0 Å². The summed E-state index contributed by atoms with van der Waals surface area (Å²) in [4.78, 5) is 2.32. The molecule has 104 valence electrons. The molecule has 2 rings (SSSR count). The quantitative estimate of drug-likeness (QED) is 0.869. The highest BCUT2D eigenvalue weighted by molar-refractivity contribution is 5.27. The zero-order valence-corrected chi connectivity index (χ0v) is 12.2. The Morgan fingerprint density at radius 3 is 2.74 bits per heavy atom. The van der Waals surface area contributed by atoms with E-state index >= 15 is 0 Å². The molecular formula is C17H26N2. The SMILES string of the molecule is C=CN1CCC(c2cccc(CNC(C)C)c2)CC1. The third-order valence-electron chi connectivity index (χ3n) is 3.92. The van der Waals surface area contributed by atoms with Crippen LogP contribution < -0.4 is 5.32 Å². The molecule has 0 spiro atoms. The summed E-state index contributed by atoms with van der Waals surface area (Å²) in [5, 5.41) is 3.49. The van der Waals surface area contributed by atoms with Crippen LogP contribution in [-0.2, 0) is 6.54 Å². The van der Waals surface area contributed by atoms with Gasteiger partial charge in [-0.2, -0.15) is 0 Å². The molecule has 1 saturated heterocycles. The van der Waals surface area contributed by atoms with Gasteiger partial charge in [-0.25, -0.2) is 0 Å². The van der Waals surface area contributed by atoms with Gasteiger partial charge in [-0.3, -0.25) is 0 Å². The van der Waals surface area contributed by atoms with Crippen LogP contribution in [0.3, 0.4) is 0 Å². The molecule has 0 radical (unpaired) electrons. The van der Waals surface area contributed by atoms with Crippen molar-refractivity contribution in [1.29, 1.82) is 0 Å². The van der Waals surface area contributed by atoms with Gasteiger partial charge in [0.05, 0.1) is 0 Å². The van der Waals surface area contributed by atoms with Gasteiger partial charge in [-0.05, 0) is 36.1 Å². The topological polar surface area (TPSA) is 15.3 Å². The Kier molecular flexibility index (Phi) is 5.03. The molecule has 0 atom stereocenters. The molecule has 0 amide bonds. The van der Waals surface area contributed by atoms with Crippen LogP contribution in [0.25, 0.3) is 0 Å². The highest BCUT2D eigenvalue weighted by Gasteiger charge is 2.18. The minimum absolute atomic E-state index is 0.541. The second-order valence-corrected chi connectivity index (χ2v) is 5.77. The first-order valence-corrected chi connectivity index (χ1v) is 7.38. The van der Waals surface area contributed by atoms with Crippen molar-refractivity contribution < 1.29 is 0 Å². The summed E-state index contributed by atoms with van der Waals surface area (Å²) in [7, 11) is 0. The predicted octanol–water partition coefficient (Wildman–Crippen LogP) is 3.51. The Morgan fingerprint density at radius 1 is 1.37 bits per heavy atom. The molecule has 1 N–H and O–H groups in total. The molecule has 0 unspecified atom stereocenters. The van der Waals surface area contributed by atoms with Gasteiger partial charge >= 0.3 is 0 Å². The Labute approximate surface area is 117 Å². The van der Waals surface area contributed by atoms with E-state index in [-0.39, 0.29) is 0 Å². The van der Waals surface area contributed by atoms with Crippen molar-refractivity contribution >= 4 is 0 Å². The number of likely N-dealkylation sites (tertiary alicyclic amines) is 1. The summed E-state index contributed by atoms with van der Waals surface area (Å²) in [6.45, 7) is 11.5. The van der Waals surface area contributed by atoms with Gasteiger partial charge in [-0.1, -0.05) is 44.7 Å². The van der Waals surface area contributed by atoms with E-state index in [4.69, 9.17) is 0 Å². The zero-order chi connectivity index (χ0) is 13.7. The second-order valence-electron chi connectivity index (χ2n) is 5.77. The van der Waals surface area contributed by atoms with Gasteiger partial charge in [0.2, 0.25) is 0 Å². The fraction of sp³-hybridized carbons (Fsp3) is 0.529. The van der Waals surface area contributed by atoms with Gasteiger partial charge in [0, 0.05) is 25.7 Å². The fourth-order valence-corrected chi connectivity index (χ4v) is 2.69. The third-order valence-corrected chi connectivity index (χ3v) is 3.92. The molecule has 1 aliphatic heterocycles. The van der Waals surface area contributed by atoms with Gasteiger partial charge in [0.1, 0.15) is 0 Å². The van der Waals surface area contributed by atoms with Crippen molar-refractivity contribution in [1.82, 2.24) is 10.2 Å². The lowest BCUT2D eigenvalue weighted by Gasteiger charge is -2.31.